The lowest BCUT2D eigenvalue weighted by molar-refractivity contribution is -0.147. The van der Waals surface area contributed by atoms with Crippen LogP contribution in [0.3, 0.4) is 0 Å². The Hall–Kier alpha value is -2.38. The summed E-state index contributed by atoms with van der Waals surface area (Å²) < 4.78 is 4.92. The van der Waals surface area contributed by atoms with Gasteiger partial charge in [0.05, 0.1) is 12.9 Å². The third-order valence-electron chi connectivity index (χ3n) is 3.13. The number of likely N-dealkylation sites (tertiary alicyclic amines) is 1. The number of carboxylic acids is 1. The van der Waals surface area contributed by atoms with Crippen molar-refractivity contribution >= 4 is 17.8 Å². The average molecular weight is 281 g/mol. The van der Waals surface area contributed by atoms with E-state index in [4.69, 9.17) is 9.84 Å². The van der Waals surface area contributed by atoms with Crippen LogP contribution in [0, 0.1) is 0 Å². The number of aromatic nitrogens is 2. The summed E-state index contributed by atoms with van der Waals surface area (Å²) in [4.78, 5) is 42.6. The molecule has 1 atom stereocenters. The maximum Gasteiger partial charge on any atom is 0.354 e. The lowest BCUT2D eigenvalue weighted by atomic mass is 10.2. The Labute approximate surface area is 114 Å². The summed E-state index contributed by atoms with van der Waals surface area (Å²) >= 11 is 0. The van der Waals surface area contributed by atoms with Crippen LogP contribution in [0.5, 0.6) is 0 Å². The predicted molar refractivity (Wildman–Crippen MR) is 66.2 cm³/mol. The summed E-state index contributed by atoms with van der Waals surface area (Å²) in [5, 5.41) is 8.97. The van der Waals surface area contributed by atoms with Crippen molar-refractivity contribution in [2.75, 3.05) is 13.2 Å². The number of nitrogens with one attached hydrogen (secondary N) is 1. The third kappa shape index (κ3) is 2.49. The van der Waals surface area contributed by atoms with E-state index < -0.39 is 23.9 Å². The molecule has 0 spiro atoms. The van der Waals surface area contributed by atoms with Gasteiger partial charge in [-0.05, 0) is 19.8 Å². The molecule has 20 heavy (non-hydrogen) atoms. The van der Waals surface area contributed by atoms with Gasteiger partial charge in [-0.25, -0.2) is 14.6 Å². The predicted octanol–water partition coefficient (Wildman–Crippen LogP) is 0.276. The van der Waals surface area contributed by atoms with E-state index in [1.54, 1.807) is 6.92 Å². The molecule has 1 saturated heterocycles. The molecular formula is C12H15N3O5. The fourth-order valence-corrected chi connectivity index (χ4v) is 2.25. The molecule has 8 nitrogen and oxygen atoms in total. The second-order valence-electron chi connectivity index (χ2n) is 4.34. The van der Waals surface area contributed by atoms with Crippen molar-refractivity contribution in [1.82, 2.24) is 14.9 Å². The minimum Gasteiger partial charge on any atom is -0.477 e. The van der Waals surface area contributed by atoms with Crippen molar-refractivity contribution in [2.24, 2.45) is 0 Å². The highest BCUT2D eigenvalue weighted by Gasteiger charge is 2.37. The molecule has 1 aliphatic rings. The van der Waals surface area contributed by atoms with Crippen LogP contribution in [0.15, 0.2) is 6.33 Å². The fourth-order valence-electron chi connectivity index (χ4n) is 2.25. The van der Waals surface area contributed by atoms with E-state index in [2.05, 4.69) is 9.97 Å². The maximum absolute atomic E-state index is 12.3. The molecule has 1 aliphatic heterocycles. The topological polar surface area (TPSA) is 113 Å². The van der Waals surface area contributed by atoms with E-state index in [0.29, 0.717) is 19.4 Å². The highest BCUT2D eigenvalue weighted by molar-refractivity contribution is 6.03. The van der Waals surface area contributed by atoms with Gasteiger partial charge >= 0.3 is 11.9 Å². The van der Waals surface area contributed by atoms with Crippen LogP contribution in [0.25, 0.3) is 0 Å². The van der Waals surface area contributed by atoms with Crippen molar-refractivity contribution in [2.45, 2.75) is 25.8 Å². The summed E-state index contributed by atoms with van der Waals surface area (Å²) in [6, 6.07) is -0.666. The number of hydrogen-bond acceptors (Lipinski definition) is 5. The Morgan fingerprint density at radius 3 is 2.95 bits per heavy atom. The summed E-state index contributed by atoms with van der Waals surface area (Å²) in [6.07, 6.45) is 2.32. The van der Waals surface area contributed by atoms with Crippen LogP contribution in [-0.2, 0) is 9.53 Å². The number of carboxylic acid groups (broad SMARTS) is 1. The molecule has 2 rings (SSSR count). The Morgan fingerprint density at radius 2 is 2.30 bits per heavy atom. The molecule has 2 N–H and O–H groups in total. The van der Waals surface area contributed by atoms with Crippen molar-refractivity contribution < 1.29 is 24.2 Å². The SMILES string of the molecule is CCOC(=O)C1CCCN1C(=O)c1nc[nH]c1C(=O)O. The molecule has 0 aliphatic carbocycles. The van der Waals surface area contributed by atoms with E-state index >= 15 is 0 Å². The lowest BCUT2D eigenvalue weighted by Gasteiger charge is -2.22. The van der Waals surface area contributed by atoms with Crippen LogP contribution in [0.2, 0.25) is 0 Å². The average Bonchev–Trinajstić information content (AvgIpc) is 3.07. The molecule has 0 bridgehead atoms. The van der Waals surface area contributed by atoms with Gasteiger partial charge in [0.25, 0.3) is 5.91 Å². The standard InChI is InChI=1S/C12H15N3O5/c1-2-20-12(19)7-4-3-5-15(7)10(16)8-9(11(17)18)14-6-13-8/h6-7H,2-5H2,1H3,(H,13,14)(H,17,18). The van der Waals surface area contributed by atoms with Crippen LogP contribution >= 0.6 is 0 Å². The molecule has 2 heterocycles. The highest BCUT2D eigenvalue weighted by Crippen LogP contribution is 2.21. The minimum atomic E-state index is -1.27. The largest absolute Gasteiger partial charge is 0.477 e. The van der Waals surface area contributed by atoms with Crippen molar-refractivity contribution in [1.29, 1.82) is 0 Å². The zero-order valence-electron chi connectivity index (χ0n) is 11.0. The quantitative estimate of drug-likeness (QED) is 0.766. The first-order valence-electron chi connectivity index (χ1n) is 6.30. The smallest absolute Gasteiger partial charge is 0.354 e. The first kappa shape index (κ1) is 14.0. The van der Waals surface area contributed by atoms with Gasteiger partial charge in [0.2, 0.25) is 0 Å². The number of carbonyl (C=O) groups is 3. The van der Waals surface area contributed by atoms with Gasteiger partial charge in [-0.15, -0.1) is 0 Å². The molecule has 1 fully saturated rings. The van der Waals surface area contributed by atoms with Gasteiger partial charge < -0.3 is 19.7 Å². The molecule has 0 saturated carbocycles. The Kier molecular flexibility index (Phi) is 4.02. The summed E-state index contributed by atoms with van der Waals surface area (Å²) in [7, 11) is 0. The zero-order valence-corrected chi connectivity index (χ0v) is 11.0. The Morgan fingerprint density at radius 1 is 1.55 bits per heavy atom. The highest BCUT2D eigenvalue weighted by atomic mass is 16.5. The van der Waals surface area contributed by atoms with Crippen LogP contribution in [0.4, 0.5) is 0 Å². The number of amides is 1. The number of aromatic carboxylic acids is 1. The first-order chi connectivity index (χ1) is 9.56. The number of ether oxygens (including phenoxy) is 1. The lowest BCUT2D eigenvalue weighted by Crippen LogP contribution is -2.42. The number of nitrogens with zero attached hydrogens (tertiary/aromatic N) is 2. The normalized spacial score (nSPS) is 18.1. The first-order valence-corrected chi connectivity index (χ1v) is 6.30. The number of imidazole rings is 1. The van der Waals surface area contributed by atoms with Gasteiger partial charge in [-0.3, -0.25) is 4.79 Å². The van der Waals surface area contributed by atoms with Crippen LogP contribution < -0.4 is 0 Å². The zero-order chi connectivity index (χ0) is 14.7. The van der Waals surface area contributed by atoms with Gasteiger partial charge in [-0.2, -0.15) is 0 Å². The molecule has 0 radical (unpaired) electrons. The van der Waals surface area contributed by atoms with Gasteiger partial charge in [0.1, 0.15) is 6.04 Å². The molecule has 1 aromatic heterocycles. The van der Waals surface area contributed by atoms with Crippen molar-refractivity contribution in [3.05, 3.63) is 17.7 Å². The second kappa shape index (κ2) is 5.72. The van der Waals surface area contributed by atoms with Crippen LogP contribution in [0.1, 0.15) is 40.7 Å². The van der Waals surface area contributed by atoms with Crippen molar-refractivity contribution in [3.8, 4) is 0 Å². The van der Waals surface area contributed by atoms with Gasteiger partial charge in [0.15, 0.2) is 11.4 Å². The Balaban J connectivity index is 2.21. The summed E-state index contributed by atoms with van der Waals surface area (Å²) in [5.74, 6) is -2.30. The van der Waals surface area contributed by atoms with Crippen LogP contribution in [-0.4, -0.2) is 57.0 Å². The number of hydrogen-bond donors (Lipinski definition) is 2. The van der Waals surface area contributed by atoms with E-state index in [0.717, 1.165) is 6.33 Å². The van der Waals surface area contributed by atoms with Crippen molar-refractivity contribution in [3.63, 3.8) is 0 Å². The van der Waals surface area contributed by atoms with Gasteiger partial charge in [0, 0.05) is 6.54 Å². The number of aromatic amines is 1. The number of carbonyl (C=O) groups excluding carboxylic acids is 2. The summed E-state index contributed by atoms with van der Waals surface area (Å²) in [6.45, 7) is 2.31. The Bertz CT molecular complexity index is 539. The third-order valence-corrected chi connectivity index (χ3v) is 3.13. The van der Waals surface area contributed by atoms with E-state index in [9.17, 15) is 14.4 Å². The van der Waals surface area contributed by atoms with E-state index in [1.165, 1.54) is 4.90 Å². The monoisotopic (exact) mass is 281 g/mol. The fraction of sp³-hybridized carbons (Fsp3) is 0.500. The molecule has 108 valence electrons. The summed E-state index contributed by atoms with van der Waals surface area (Å²) in [5.41, 5.74) is -0.460. The minimum absolute atomic E-state index is 0.186. The van der Waals surface area contributed by atoms with E-state index in [-0.39, 0.29) is 18.0 Å². The van der Waals surface area contributed by atoms with E-state index in [1.807, 2.05) is 0 Å². The molecular weight excluding hydrogens is 266 g/mol. The van der Waals surface area contributed by atoms with Gasteiger partial charge in [-0.1, -0.05) is 0 Å². The maximum atomic E-state index is 12.3. The molecule has 0 aromatic carbocycles. The molecule has 1 amide bonds. The second-order valence-corrected chi connectivity index (χ2v) is 4.34. The number of H-pyrrole nitrogens is 1. The number of rotatable bonds is 4. The number of esters is 1. The molecule has 1 unspecified atom stereocenters. The molecule has 8 heteroatoms. The molecule has 1 aromatic rings.